The van der Waals surface area contributed by atoms with E-state index in [1.807, 2.05) is 61.5 Å². The average Bonchev–Trinajstić information content (AvgIpc) is 3.38. The van der Waals surface area contributed by atoms with Gasteiger partial charge in [-0.1, -0.05) is 60.2 Å². The minimum atomic E-state index is -1.79. The van der Waals surface area contributed by atoms with E-state index in [2.05, 4.69) is 0 Å². The number of allylic oxidation sites excluding steroid dienone is 2. The molecule has 1 unspecified atom stereocenters. The molecule has 0 N–H and O–H groups in total. The third kappa shape index (κ3) is 3.29. The molecule has 30 heavy (non-hydrogen) atoms. The quantitative estimate of drug-likeness (QED) is 0.524. The van der Waals surface area contributed by atoms with Crippen molar-refractivity contribution < 1.29 is 23.3 Å². The summed E-state index contributed by atoms with van der Waals surface area (Å²) in [5.74, 6) is -2.53. The van der Waals surface area contributed by atoms with E-state index in [0.717, 1.165) is 11.1 Å². The van der Waals surface area contributed by atoms with E-state index in [1.54, 1.807) is 12.1 Å². The van der Waals surface area contributed by atoms with Crippen molar-refractivity contribution in [2.24, 2.45) is 17.8 Å². The lowest BCUT2D eigenvalue weighted by molar-refractivity contribution is -0.158. The number of carbonyl (C=O) groups is 2. The van der Waals surface area contributed by atoms with Crippen molar-refractivity contribution in [3.05, 3.63) is 77.9 Å². The van der Waals surface area contributed by atoms with Crippen LogP contribution in [0.4, 0.5) is 0 Å². The molecule has 6 heteroatoms. The normalized spacial score (nSPS) is 27.6. The molecule has 0 amide bonds. The van der Waals surface area contributed by atoms with Crippen molar-refractivity contribution in [2.75, 3.05) is 7.11 Å². The summed E-state index contributed by atoms with van der Waals surface area (Å²) in [5, 5.41) is 0. The lowest BCUT2D eigenvalue weighted by Crippen LogP contribution is -2.56. The highest BCUT2D eigenvalue weighted by Gasteiger charge is 2.68. The van der Waals surface area contributed by atoms with Crippen LogP contribution < -0.4 is 0 Å². The predicted molar refractivity (Wildman–Crippen MR) is 113 cm³/mol. The van der Waals surface area contributed by atoms with Crippen LogP contribution in [0.1, 0.15) is 17.5 Å². The van der Waals surface area contributed by atoms with Gasteiger partial charge in [-0.3, -0.25) is 13.8 Å². The maximum absolute atomic E-state index is 13.9. The summed E-state index contributed by atoms with van der Waals surface area (Å²) in [4.78, 5) is 26.9. The molecule has 2 bridgehead atoms. The molecule has 0 spiro atoms. The summed E-state index contributed by atoms with van der Waals surface area (Å²) in [6.07, 6.45) is 4.42. The van der Waals surface area contributed by atoms with Gasteiger partial charge in [-0.25, -0.2) is 0 Å². The van der Waals surface area contributed by atoms with Gasteiger partial charge in [0, 0.05) is 10.8 Å². The van der Waals surface area contributed by atoms with E-state index >= 15 is 0 Å². The smallest absolute Gasteiger partial charge is 0.327 e. The molecular formula is C24H24O5S. The van der Waals surface area contributed by atoms with Crippen LogP contribution >= 0.6 is 0 Å². The Morgan fingerprint density at radius 3 is 2.43 bits per heavy atom. The van der Waals surface area contributed by atoms with Crippen molar-refractivity contribution in [3.63, 3.8) is 0 Å². The standard InChI is InChI=1S/C24H24O5S/c1-16-8-12-20(13-9-16)30(27)24(23(26)29-15-17-6-4-3-5-7-17)19-11-10-18(14-19)21(24)22(25)28-2/h3-13,18-19,21H,14-15H2,1-2H3/t18-,19+,21+,24+,30?/m0/s1. The third-order valence-corrected chi connectivity index (χ3v) is 8.12. The highest BCUT2D eigenvalue weighted by atomic mass is 32.2. The zero-order chi connectivity index (χ0) is 21.3. The van der Waals surface area contributed by atoms with Gasteiger partial charge in [-0.15, -0.1) is 0 Å². The van der Waals surface area contributed by atoms with Crippen molar-refractivity contribution in [1.29, 1.82) is 0 Å². The van der Waals surface area contributed by atoms with Crippen LogP contribution in [-0.4, -0.2) is 28.0 Å². The van der Waals surface area contributed by atoms with Crippen LogP contribution in [0.3, 0.4) is 0 Å². The van der Waals surface area contributed by atoms with E-state index in [0.29, 0.717) is 11.3 Å². The molecule has 0 heterocycles. The summed E-state index contributed by atoms with van der Waals surface area (Å²) in [7, 11) is -0.493. The molecule has 2 aliphatic carbocycles. The highest BCUT2D eigenvalue weighted by molar-refractivity contribution is 7.87. The fraction of sp³-hybridized carbons (Fsp3) is 0.333. The predicted octanol–water partition coefficient (Wildman–Crippen LogP) is 3.58. The SMILES string of the molecule is COC(=O)[C@H]1[C@H]2C=C[C@H](C2)[C@@]1(C(=O)OCc1ccccc1)S(=O)c1ccc(C)cc1. The number of fused-ring (bicyclic) bond motifs is 2. The number of esters is 2. The van der Waals surface area contributed by atoms with E-state index < -0.39 is 33.4 Å². The van der Waals surface area contributed by atoms with Gasteiger partial charge in [-0.2, -0.15) is 0 Å². The Labute approximate surface area is 178 Å². The first-order chi connectivity index (χ1) is 14.5. The molecule has 2 aliphatic rings. The van der Waals surface area contributed by atoms with Crippen LogP contribution in [-0.2, 0) is 36.5 Å². The van der Waals surface area contributed by atoms with Crippen LogP contribution in [0.2, 0.25) is 0 Å². The number of hydrogen-bond acceptors (Lipinski definition) is 5. The molecule has 1 fully saturated rings. The molecule has 1 saturated carbocycles. The van der Waals surface area contributed by atoms with Crippen molar-refractivity contribution in [1.82, 2.24) is 0 Å². The number of ether oxygens (including phenoxy) is 2. The Kier molecular flexibility index (Phi) is 5.60. The Bertz CT molecular complexity index is 998. The first-order valence-corrected chi connectivity index (χ1v) is 11.1. The van der Waals surface area contributed by atoms with Crippen molar-refractivity contribution >= 4 is 22.7 Å². The maximum atomic E-state index is 13.9. The first-order valence-electron chi connectivity index (χ1n) is 9.94. The molecule has 5 atom stereocenters. The summed E-state index contributed by atoms with van der Waals surface area (Å²) < 4.78 is 23.1. The highest BCUT2D eigenvalue weighted by Crippen LogP contribution is 2.56. The Morgan fingerprint density at radius 2 is 1.77 bits per heavy atom. The lowest BCUT2D eigenvalue weighted by atomic mass is 9.82. The molecule has 0 saturated heterocycles. The Morgan fingerprint density at radius 1 is 1.07 bits per heavy atom. The zero-order valence-electron chi connectivity index (χ0n) is 16.9. The molecule has 4 rings (SSSR count). The monoisotopic (exact) mass is 424 g/mol. The molecule has 5 nitrogen and oxygen atoms in total. The molecule has 156 valence electrons. The number of benzene rings is 2. The summed E-state index contributed by atoms with van der Waals surface area (Å²) in [6.45, 7) is 2.00. The second-order valence-electron chi connectivity index (χ2n) is 7.83. The van der Waals surface area contributed by atoms with Gasteiger partial charge in [0.25, 0.3) is 0 Å². The van der Waals surface area contributed by atoms with Gasteiger partial charge >= 0.3 is 11.9 Å². The largest absolute Gasteiger partial charge is 0.469 e. The Hall–Kier alpha value is -2.73. The third-order valence-electron chi connectivity index (χ3n) is 6.09. The minimum Gasteiger partial charge on any atom is -0.469 e. The summed E-state index contributed by atoms with van der Waals surface area (Å²) in [5.41, 5.74) is 1.85. The van der Waals surface area contributed by atoms with Gasteiger partial charge in [0.1, 0.15) is 6.61 Å². The summed E-state index contributed by atoms with van der Waals surface area (Å²) >= 11 is 0. The van der Waals surface area contributed by atoms with Crippen LogP contribution in [0.15, 0.2) is 71.6 Å². The number of methoxy groups -OCH3 is 1. The number of carbonyl (C=O) groups excluding carboxylic acids is 2. The van der Waals surface area contributed by atoms with Gasteiger partial charge in [0.05, 0.1) is 23.8 Å². The fourth-order valence-electron chi connectivity index (χ4n) is 4.62. The maximum Gasteiger partial charge on any atom is 0.327 e. The molecule has 0 aliphatic heterocycles. The van der Waals surface area contributed by atoms with E-state index in [4.69, 9.17) is 9.47 Å². The number of rotatable bonds is 6. The van der Waals surface area contributed by atoms with Gasteiger partial charge in [0.15, 0.2) is 4.75 Å². The average molecular weight is 425 g/mol. The first kappa shape index (κ1) is 20.5. The second-order valence-corrected chi connectivity index (χ2v) is 9.51. The van der Waals surface area contributed by atoms with Crippen molar-refractivity contribution in [2.45, 2.75) is 29.6 Å². The van der Waals surface area contributed by atoms with Gasteiger partial charge in [0.2, 0.25) is 0 Å². The Balaban J connectivity index is 1.75. The number of aryl methyl sites for hydroxylation is 1. The summed E-state index contributed by atoms with van der Waals surface area (Å²) in [6, 6.07) is 16.5. The van der Waals surface area contributed by atoms with E-state index in [-0.39, 0.29) is 18.4 Å². The fourth-order valence-corrected chi connectivity index (χ4v) is 6.55. The molecular weight excluding hydrogens is 400 g/mol. The van der Waals surface area contributed by atoms with Crippen LogP contribution in [0.25, 0.3) is 0 Å². The molecule has 2 aromatic rings. The molecule has 2 aromatic carbocycles. The second kappa shape index (κ2) is 8.19. The zero-order valence-corrected chi connectivity index (χ0v) is 17.8. The minimum absolute atomic E-state index is 0.0571. The topological polar surface area (TPSA) is 69.7 Å². The van der Waals surface area contributed by atoms with Crippen molar-refractivity contribution in [3.8, 4) is 0 Å². The molecule has 0 radical (unpaired) electrons. The van der Waals surface area contributed by atoms with E-state index in [1.165, 1.54) is 7.11 Å². The van der Waals surface area contributed by atoms with Gasteiger partial charge in [-0.05, 0) is 37.0 Å². The van der Waals surface area contributed by atoms with Gasteiger partial charge < -0.3 is 9.47 Å². The number of hydrogen-bond donors (Lipinski definition) is 0. The molecule has 0 aromatic heterocycles. The van der Waals surface area contributed by atoms with E-state index in [9.17, 15) is 13.8 Å². The van der Waals surface area contributed by atoms with Crippen LogP contribution in [0.5, 0.6) is 0 Å². The van der Waals surface area contributed by atoms with Crippen LogP contribution in [0, 0.1) is 24.7 Å². The lowest BCUT2D eigenvalue weighted by Gasteiger charge is -2.37.